The molecule has 0 N–H and O–H groups in total. The quantitative estimate of drug-likeness (QED) is 0.513. The van der Waals surface area contributed by atoms with Gasteiger partial charge >= 0.3 is 17.1 Å². The van der Waals surface area contributed by atoms with Crippen LogP contribution < -0.4 is 0 Å². The summed E-state index contributed by atoms with van der Waals surface area (Å²) in [6, 6.07) is 0. The molecule has 0 atom stereocenters. The van der Waals surface area contributed by atoms with Gasteiger partial charge in [0.05, 0.1) is 0 Å². The molecule has 1 aliphatic rings. The van der Waals surface area contributed by atoms with Gasteiger partial charge in [-0.15, -0.1) is 7.92 Å². The largest absolute Gasteiger partial charge is 1.00 e. The SMILES string of the molecule is C1CCCC1.CCP(CC)CC.[Cu+]. The average molecular weight is 252 g/mol. The van der Waals surface area contributed by atoms with Crippen LogP contribution in [-0.4, -0.2) is 18.5 Å². The van der Waals surface area contributed by atoms with Gasteiger partial charge in [0.15, 0.2) is 0 Å². The van der Waals surface area contributed by atoms with E-state index in [0.29, 0.717) is 7.92 Å². The third kappa shape index (κ3) is 10.9. The molecule has 13 heavy (non-hydrogen) atoms. The van der Waals surface area contributed by atoms with Gasteiger partial charge in [-0.25, -0.2) is 0 Å². The van der Waals surface area contributed by atoms with Crippen LogP contribution in [0.3, 0.4) is 0 Å². The molecular weight excluding hydrogens is 227 g/mol. The Hall–Kier alpha value is 0.949. The predicted octanol–water partition coefficient (Wildman–Crippen LogP) is 4.48. The molecule has 0 radical (unpaired) electrons. The Labute approximate surface area is 96.5 Å². The zero-order chi connectivity index (χ0) is 9.23. The minimum absolute atomic E-state index is 0. The van der Waals surface area contributed by atoms with Crippen LogP contribution in [0.25, 0.3) is 0 Å². The second-order valence-electron chi connectivity index (χ2n) is 3.39. The topological polar surface area (TPSA) is 0 Å². The Morgan fingerprint density at radius 2 is 0.923 bits per heavy atom. The minimum Gasteiger partial charge on any atom is -0.108 e. The molecule has 84 valence electrons. The van der Waals surface area contributed by atoms with E-state index < -0.39 is 0 Å². The Kier molecular flexibility index (Phi) is 16.3. The third-order valence-corrected chi connectivity index (χ3v) is 5.27. The van der Waals surface area contributed by atoms with E-state index >= 15 is 0 Å². The van der Waals surface area contributed by atoms with Crippen LogP contribution in [0.1, 0.15) is 52.9 Å². The van der Waals surface area contributed by atoms with Gasteiger partial charge in [-0.3, -0.25) is 0 Å². The van der Waals surface area contributed by atoms with Crippen molar-refractivity contribution in [3.8, 4) is 0 Å². The van der Waals surface area contributed by atoms with E-state index in [0.717, 1.165) is 0 Å². The van der Waals surface area contributed by atoms with E-state index in [1.807, 2.05) is 0 Å². The summed E-state index contributed by atoms with van der Waals surface area (Å²) in [5.41, 5.74) is 0. The molecule has 0 unspecified atom stereocenters. The second-order valence-corrected chi connectivity index (χ2v) is 6.63. The molecular formula is C11H25CuP+. The third-order valence-electron chi connectivity index (χ3n) is 2.59. The maximum absolute atomic E-state index is 2.29. The van der Waals surface area contributed by atoms with E-state index in [-0.39, 0.29) is 17.1 Å². The van der Waals surface area contributed by atoms with Crippen molar-refractivity contribution >= 4 is 7.92 Å². The fraction of sp³-hybridized carbons (Fsp3) is 1.00. The molecule has 0 saturated heterocycles. The van der Waals surface area contributed by atoms with Crippen LogP contribution in [0.2, 0.25) is 0 Å². The number of hydrogen-bond donors (Lipinski definition) is 0. The van der Waals surface area contributed by atoms with Crippen molar-refractivity contribution in [2.24, 2.45) is 0 Å². The summed E-state index contributed by atoms with van der Waals surface area (Å²) in [6.07, 6.45) is 11.8. The molecule has 0 aromatic heterocycles. The first-order chi connectivity index (χ1) is 5.85. The molecule has 0 spiro atoms. The smallest absolute Gasteiger partial charge is 0.108 e. The Morgan fingerprint density at radius 1 is 0.692 bits per heavy atom. The second kappa shape index (κ2) is 12.9. The van der Waals surface area contributed by atoms with Gasteiger partial charge < -0.3 is 0 Å². The molecule has 0 heterocycles. The van der Waals surface area contributed by atoms with Gasteiger partial charge in [0.1, 0.15) is 0 Å². The summed E-state index contributed by atoms with van der Waals surface area (Å²) in [5.74, 6) is 0. The summed E-state index contributed by atoms with van der Waals surface area (Å²) >= 11 is 0. The van der Waals surface area contributed by atoms with E-state index in [4.69, 9.17) is 0 Å². The monoisotopic (exact) mass is 251 g/mol. The van der Waals surface area contributed by atoms with Crippen molar-refractivity contribution < 1.29 is 17.1 Å². The molecule has 0 aromatic carbocycles. The molecule has 0 aliphatic heterocycles. The van der Waals surface area contributed by atoms with Gasteiger partial charge in [0.25, 0.3) is 0 Å². The fourth-order valence-electron chi connectivity index (χ4n) is 1.55. The maximum atomic E-state index is 2.29. The van der Waals surface area contributed by atoms with Crippen LogP contribution in [0.5, 0.6) is 0 Å². The zero-order valence-corrected chi connectivity index (χ0v) is 11.2. The van der Waals surface area contributed by atoms with Gasteiger partial charge in [0, 0.05) is 0 Å². The van der Waals surface area contributed by atoms with E-state index in [2.05, 4.69) is 20.8 Å². The molecule has 1 aliphatic carbocycles. The van der Waals surface area contributed by atoms with Crippen molar-refractivity contribution in [3.63, 3.8) is 0 Å². The van der Waals surface area contributed by atoms with Crippen LogP contribution >= 0.6 is 7.92 Å². The molecule has 0 bridgehead atoms. The molecule has 0 aromatic rings. The molecule has 0 nitrogen and oxygen atoms in total. The van der Waals surface area contributed by atoms with Gasteiger partial charge in [-0.05, 0) is 18.5 Å². The van der Waals surface area contributed by atoms with Crippen molar-refractivity contribution in [2.45, 2.75) is 52.9 Å². The first kappa shape index (κ1) is 16.4. The van der Waals surface area contributed by atoms with Crippen LogP contribution in [0.4, 0.5) is 0 Å². The summed E-state index contributed by atoms with van der Waals surface area (Å²) in [7, 11) is 0.446. The van der Waals surface area contributed by atoms with Gasteiger partial charge in [-0.2, -0.15) is 0 Å². The van der Waals surface area contributed by atoms with Crippen molar-refractivity contribution in [1.82, 2.24) is 0 Å². The Bertz CT molecular complexity index is 65.0. The number of rotatable bonds is 3. The fourth-order valence-corrected chi connectivity index (χ4v) is 2.90. The van der Waals surface area contributed by atoms with Gasteiger partial charge in [0.2, 0.25) is 0 Å². The molecule has 1 fully saturated rings. The van der Waals surface area contributed by atoms with Crippen molar-refractivity contribution in [2.75, 3.05) is 18.5 Å². The van der Waals surface area contributed by atoms with Crippen molar-refractivity contribution in [1.29, 1.82) is 0 Å². The van der Waals surface area contributed by atoms with Gasteiger partial charge in [-0.1, -0.05) is 52.9 Å². The van der Waals surface area contributed by atoms with Crippen LogP contribution in [0, 0.1) is 0 Å². The van der Waals surface area contributed by atoms with E-state index in [1.165, 1.54) is 50.6 Å². The van der Waals surface area contributed by atoms with Crippen LogP contribution in [-0.2, 0) is 17.1 Å². The summed E-state index contributed by atoms with van der Waals surface area (Å²) in [6.45, 7) is 6.87. The molecule has 1 rings (SSSR count). The first-order valence-electron chi connectivity index (χ1n) is 5.57. The molecule has 0 amide bonds. The summed E-state index contributed by atoms with van der Waals surface area (Å²) < 4.78 is 0. The average Bonchev–Trinajstić information content (AvgIpc) is 2.64. The van der Waals surface area contributed by atoms with E-state index in [9.17, 15) is 0 Å². The number of hydrogen-bond acceptors (Lipinski definition) is 0. The van der Waals surface area contributed by atoms with E-state index in [1.54, 1.807) is 0 Å². The minimum atomic E-state index is 0. The Balaban J connectivity index is 0. The molecule has 2 heteroatoms. The normalized spacial score (nSPS) is 14.8. The predicted molar refractivity (Wildman–Crippen MR) is 61.6 cm³/mol. The standard InChI is InChI=1S/C6H15P.C5H10.Cu/c1-4-7(5-2)6-3;1-2-4-5-3-1;/h4-6H2,1-3H3;1-5H2;/q;;+1. The summed E-state index contributed by atoms with van der Waals surface area (Å²) in [4.78, 5) is 0. The van der Waals surface area contributed by atoms with Crippen LogP contribution in [0.15, 0.2) is 0 Å². The maximum Gasteiger partial charge on any atom is 1.00 e. The Morgan fingerprint density at radius 3 is 1.00 bits per heavy atom. The first-order valence-corrected chi connectivity index (χ1v) is 7.47. The van der Waals surface area contributed by atoms with Crippen molar-refractivity contribution in [3.05, 3.63) is 0 Å². The molecule has 1 saturated carbocycles. The summed E-state index contributed by atoms with van der Waals surface area (Å²) in [5, 5.41) is 0. The zero-order valence-electron chi connectivity index (χ0n) is 9.41.